The molecular formula is C11H18IN. The first-order chi connectivity index (χ1) is 5.83. The molecule has 0 aliphatic rings. The average Bonchev–Trinajstić information content (AvgIpc) is 2.09. The van der Waals surface area contributed by atoms with Crippen molar-refractivity contribution in [3.63, 3.8) is 0 Å². The standard InChI is InChI=1S/C11H18N.HI/c1-3-4-5-8-12-9-6-11(2)7-10-12;/h6-7,9-10H,3-5,8H2,1-2H3;1H/q+1;/p-1. The predicted octanol–water partition coefficient (Wildman–Crippen LogP) is -0.523. The first kappa shape index (κ1) is 12.9. The highest BCUT2D eigenvalue weighted by Gasteiger charge is 1.97. The van der Waals surface area contributed by atoms with Gasteiger partial charge >= 0.3 is 0 Å². The minimum Gasteiger partial charge on any atom is -1.00 e. The van der Waals surface area contributed by atoms with E-state index < -0.39 is 0 Å². The highest BCUT2D eigenvalue weighted by atomic mass is 127. The number of hydrogen-bond donors (Lipinski definition) is 0. The number of aromatic nitrogens is 1. The van der Waals surface area contributed by atoms with Crippen molar-refractivity contribution in [2.24, 2.45) is 0 Å². The van der Waals surface area contributed by atoms with Gasteiger partial charge in [0.25, 0.3) is 0 Å². The van der Waals surface area contributed by atoms with Crippen molar-refractivity contribution in [1.82, 2.24) is 0 Å². The second kappa shape index (κ2) is 7.30. The van der Waals surface area contributed by atoms with E-state index in [1.807, 2.05) is 0 Å². The van der Waals surface area contributed by atoms with E-state index in [0.29, 0.717) is 0 Å². The Labute approximate surface area is 98.2 Å². The van der Waals surface area contributed by atoms with Crippen LogP contribution in [0.15, 0.2) is 24.5 Å². The molecule has 2 heteroatoms. The second-order valence-corrected chi connectivity index (χ2v) is 3.32. The number of nitrogens with zero attached hydrogens (tertiary/aromatic N) is 1. The Kier molecular flexibility index (Phi) is 7.23. The molecule has 0 N–H and O–H groups in total. The summed E-state index contributed by atoms with van der Waals surface area (Å²) in [6.07, 6.45) is 8.24. The summed E-state index contributed by atoms with van der Waals surface area (Å²) in [7, 11) is 0. The number of rotatable bonds is 4. The van der Waals surface area contributed by atoms with Gasteiger partial charge in [-0.05, 0) is 18.9 Å². The lowest BCUT2D eigenvalue weighted by Crippen LogP contribution is -3.00. The summed E-state index contributed by atoms with van der Waals surface area (Å²) in [4.78, 5) is 0. The van der Waals surface area contributed by atoms with Gasteiger partial charge in [-0.2, -0.15) is 0 Å². The summed E-state index contributed by atoms with van der Waals surface area (Å²) in [5, 5.41) is 0. The fourth-order valence-electron chi connectivity index (χ4n) is 1.23. The number of pyridine rings is 1. The van der Waals surface area contributed by atoms with Crippen molar-refractivity contribution in [3.8, 4) is 0 Å². The van der Waals surface area contributed by atoms with Gasteiger partial charge in [0.05, 0.1) is 0 Å². The van der Waals surface area contributed by atoms with Gasteiger partial charge in [-0.25, -0.2) is 4.57 Å². The van der Waals surface area contributed by atoms with Crippen LogP contribution in [-0.2, 0) is 6.54 Å². The zero-order valence-electron chi connectivity index (χ0n) is 8.46. The lowest BCUT2D eigenvalue weighted by molar-refractivity contribution is -0.697. The van der Waals surface area contributed by atoms with Crippen LogP contribution in [0.3, 0.4) is 0 Å². The molecule has 0 aromatic carbocycles. The van der Waals surface area contributed by atoms with Crippen molar-refractivity contribution in [3.05, 3.63) is 30.1 Å². The zero-order chi connectivity index (χ0) is 8.81. The molecule has 1 aromatic rings. The molecule has 0 saturated carbocycles. The quantitative estimate of drug-likeness (QED) is 0.399. The third-order valence-electron chi connectivity index (χ3n) is 2.08. The number of hydrogen-bond acceptors (Lipinski definition) is 0. The van der Waals surface area contributed by atoms with E-state index in [4.69, 9.17) is 0 Å². The van der Waals surface area contributed by atoms with Crippen LogP contribution in [0.4, 0.5) is 0 Å². The third-order valence-corrected chi connectivity index (χ3v) is 2.08. The van der Waals surface area contributed by atoms with E-state index in [1.165, 1.54) is 24.8 Å². The monoisotopic (exact) mass is 291 g/mol. The Morgan fingerprint density at radius 3 is 2.31 bits per heavy atom. The number of aryl methyl sites for hydroxylation is 2. The van der Waals surface area contributed by atoms with Crippen molar-refractivity contribution < 1.29 is 28.5 Å². The first-order valence-corrected chi connectivity index (χ1v) is 4.78. The highest BCUT2D eigenvalue weighted by molar-refractivity contribution is 5.03. The fraction of sp³-hybridized carbons (Fsp3) is 0.545. The maximum absolute atomic E-state index is 2.25. The van der Waals surface area contributed by atoms with Gasteiger partial charge in [0.1, 0.15) is 6.54 Å². The maximum atomic E-state index is 2.25. The normalized spacial score (nSPS) is 9.38. The minimum absolute atomic E-state index is 0. The van der Waals surface area contributed by atoms with Gasteiger partial charge in [0, 0.05) is 18.6 Å². The van der Waals surface area contributed by atoms with Gasteiger partial charge in [-0.15, -0.1) is 0 Å². The van der Waals surface area contributed by atoms with Crippen LogP contribution in [0, 0.1) is 6.92 Å². The summed E-state index contributed by atoms with van der Waals surface area (Å²) in [6.45, 7) is 5.52. The SMILES string of the molecule is CCCCC[n+]1ccc(C)cc1.[I-]. The van der Waals surface area contributed by atoms with Gasteiger partial charge in [-0.1, -0.05) is 13.3 Å². The Bertz CT molecular complexity index is 218. The van der Waals surface area contributed by atoms with Crippen LogP contribution in [0.2, 0.25) is 0 Å². The Balaban J connectivity index is 0.00000144. The maximum Gasteiger partial charge on any atom is 0.169 e. The van der Waals surface area contributed by atoms with Gasteiger partial charge in [0.15, 0.2) is 12.4 Å². The van der Waals surface area contributed by atoms with Gasteiger partial charge in [0.2, 0.25) is 0 Å². The Morgan fingerprint density at radius 2 is 1.77 bits per heavy atom. The van der Waals surface area contributed by atoms with Crippen LogP contribution in [0.5, 0.6) is 0 Å². The van der Waals surface area contributed by atoms with Crippen molar-refractivity contribution in [2.45, 2.75) is 39.7 Å². The smallest absolute Gasteiger partial charge is 0.169 e. The summed E-state index contributed by atoms with van der Waals surface area (Å²) >= 11 is 0. The first-order valence-electron chi connectivity index (χ1n) is 4.78. The molecule has 0 atom stereocenters. The van der Waals surface area contributed by atoms with Gasteiger partial charge in [-0.3, -0.25) is 0 Å². The van der Waals surface area contributed by atoms with E-state index in [9.17, 15) is 0 Å². The number of halogens is 1. The molecule has 0 amide bonds. The lowest BCUT2D eigenvalue weighted by atomic mass is 10.2. The molecule has 0 saturated heterocycles. The van der Waals surface area contributed by atoms with Crippen molar-refractivity contribution in [2.75, 3.05) is 0 Å². The molecule has 13 heavy (non-hydrogen) atoms. The van der Waals surface area contributed by atoms with Crippen molar-refractivity contribution >= 4 is 0 Å². The topological polar surface area (TPSA) is 3.88 Å². The molecule has 1 heterocycles. The molecule has 0 unspecified atom stereocenters. The zero-order valence-corrected chi connectivity index (χ0v) is 10.6. The van der Waals surface area contributed by atoms with Crippen LogP contribution in [-0.4, -0.2) is 0 Å². The van der Waals surface area contributed by atoms with E-state index in [-0.39, 0.29) is 24.0 Å². The summed E-state index contributed by atoms with van der Waals surface area (Å²) in [6, 6.07) is 4.32. The molecule has 0 spiro atoms. The Morgan fingerprint density at radius 1 is 1.15 bits per heavy atom. The van der Waals surface area contributed by atoms with E-state index in [0.717, 1.165) is 6.54 Å². The largest absolute Gasteiger partial charge is 1.00 e. The molecule has 0 radical (unpaired) electrons. The second-order valence-electron chi connectivity index (χ2n) is 3.32. The molecule has 0 bridgehead atoms. The van der Waals surface area contributed by atoms with Crippen molar-refractivity contribution in [1.29, 1.82) is 0 Å². The summed E-state index contributed by atoms with van der Waals surface area (Å²) in [5.74, 6) is 0. The van der Waals surface area contributed by atoms with Crippen LogP contribution < -0.4 is 28.5 Å². The summed E-state index contributed by atoms with van der Waals surface area (Å²) in [5.41, 5.74) is 1.33. The molecule has 74 valence electrons. The van der Waals surface area contributed by atoms with Gasteiger partial charge < -0.3 is 24.0 Å². The fourth-order valence-corrected chi connectivity index (χ4v) is 1.23. The van der Waals surface area contributed by atoms with Crippen LogP contribution in [0.1, 0.15) is 31.7 Å². The lowest BCUT2D eigenvalue weighted by Gasteiger charge is -1.95. The molecule has 1 rings (SSSR count). The predicted molar refractivity (Wildman–Crippen MR) is 50.9 cm³/mol. The Hall–Kier alpha value is -0.120. The minimum atomic E-state index is 0. The third kappa shape index (κ3) is 5.24. The van der Waals surface area contributed by atoms with E-state index in [2.05, 4.69) is 42.9 Å². The van der Waals surface area contributed by atoms with E-state index in [1.54, 1.807) is 0 Å². The summed E-state index contributed by atoms with van der Waals surface area (Å²) < 4.78 is 2.25. The molecule has 0 aliphatic heterocycles. The molecule has 0 aliphatic carbocycles. The number of unbranched alkanes of at least 4 members (excludes halogenated alkanes) is 2. The van der Waals surface area contributed by atoms with Crippen LogP contribution in [0.25, 0.3) is 0 Å². The molecule has 1 aromatic heterocycles. The average molecular weight is 291 g/mol. The molecule has 0 fully saturated rings. The molecular weight excluding hydrogens is 273 g/mol. The highest BCUT2D eigenvalue weighted by Crippen LogP contribution is 1.94. The van der Waals surface area contributed by atoms with E-state index >= 15 is 0 Å². The van der Waals surface area contributed by atoms with Crippen LogP contribution >= 0.6 is 0 Å². The molecule has 1 nitrogen and oxygen atoms in total.